The van der Waals surface area contributed by atoms with E-state index in [-0.39, 0.29) is 18.2 Å². The van der Waals surface area contributed by atoms with Gasteiger partial charge < -0.3 is 25.4 Å². The SMILES string of the molecule is COc1cc2c(N3CC4NC(=O)OC4C3)nccc2cc1C(N)=O. The fourth-order valence-electron chi connectivity index (χ4n) is 3.33. The van der Waals surface area contributed by atoms with Crippen molar-refractivity contribution in [2.75, 3.05) is 25.1 Å². The Bertz CT molecular complexity index is 837. The average molecular weight is 328 g/mol. The van der Waals surface area contributed by atoms with Crippen LogP contribution in [-0.4, -0.2) is 49.3 Å². The molecule has 8 nitrogen and oxygen atoms in total. The van der Waals surface area contributed by atoms with Crippen LogP contribution in [0.1, 0.15) is 10.4 Å². The van der Waals surface area contributed by atoms with Crippen molar-refractivity contribution in [3.05, 3.63) is 30.0 Å². The number of carbonyl (C=O) groups excluding carboxylic acids is 2. The number of alkyl carbamates (subject to hydrolysis) is 1. The second kappa shape index (κ2) is 5.26. The lowest BCUT2D eigenvalue weighted by molar-refractivity contribution is 0.0997. The summed E-state index contributed by atoms with van der Waals surface area (Å²) in [6.45, 7) is 1.18. The van der Waals surface area contributed by atoms with E-state index in [0.717, 1.165) is 16.6 Å². The van der Waals surface area contributed by atoms with Gasteiger partial charge >= 0.3 is 6.09 Å². The normalized spacial score (nSPS) is 22.2. The first kappa shape index (κ1) is 14.6. The maximum atomic E-state index is 11.6. The first-order chi connectivity index (χ1) is 11.6. The fraction of sp³-hybridized carbons (Fsp3) is 0.312. The third-order valence-electron chi connectivity index (χ3n) is 4.46. The number of fused-ring (bicyclic) bond motifs is 2. The van der Waals surface area contributed by atoms with Gasteiger partial charge in [-0.05, 0) is 23.6 Å². The molecule has 2 aliphatic rings. The van der Waals surface area contributed by atoms with E-state index >= 15 is 0 Å². The number of rotatable bonds is 3. The number of nitrogens with two attached hydrogens (primary N) is 1. The Labute approximate surface area is 137 Å². The zero-order chi connectivity index (χ0) is 16.8. The predicted molar refractivity (Wildman–Crippen MR) is 86.2 cm³/mol. The van der Waals surface area contributed by atoms with E-state index in [1.165, 1.54) is 7.11 Å². The molecule has 0 bridgehead atoms. The number of amides is 2. The van der Waals surface area contributed by atoms with E-state index in [1.807, 2.05) is 6.07 Å². The Morgan fingerprint density at radius 2 is 2.29 bits per heavy atom. The number of ether oxygens (including phenoxy) is 2. The molecule has 2 fully saturated rings. The molecule has 4 rings (SSSR count). The van der Waals surface area contributed by atoms with Gasteiger partial charge in [0.15, 0.2) is 0 Å². The maximum absolute atomic E-state index is 11.6. The second-order valence-corrected chi connectivity index (χ2v) is 5.87. The molecule has 0 spiro atoms. The van der Waals surface area contributed by atoms with Crippen molar-refractivity contribution < 1.29 is 19.1 Å². The van der Waals surface area contributed by atoms with E-state index < -0.39 is 5.91 Å². The molecule has 3 heterocycles. The number of benzene rings is 1. The van der Waals surface area contributed by atoms with Gasteiger partial charge in [-0.15, -0.1) is 0 Å². The van der Waals surface area contributed by atoms with Crippen molar-refractivity contribution in [3.8, 4) is 5.75 Å². The van der Waals surface area contributed by atoms with Crippen LogP contribution < -0.4 is 20.7 Å². The zero-order valence-electron chi connectivity index (χ0n) is 13.0. The van der Waals surface area contributed by atoms with Crippen LogP contribution in [0.5, 0.6) is 5.75 Å². The van der Waals surface area contributed by atoms with Crippen LogP contribution in [0, 0.1) is 0 Å². The summed E-state index contributed by atoms with van der Waals surface area (Å²) in [5, 5.41) is 4.49. The molecule has 2 saturated heterocycles. The smallest absolute Gasteiger partial charge is 0.407 e. The number of primary amides is 1. The number of pyridine rings is 1. The van der Waals surface area contributed by atoms with Gasteiger partial charge in [0.05, 0.1) is 25.3 Å². The number of nitrogens with one attached hydrogen (secondary N) is 1. The van der Waals surface area contributed by atoms with Crippen LogP contribution in [0.3, 0.4) is 0 Å². The Balaban J connectivity index is 1.77. The van der Waals surface area contributed by atoms with Crippen molar-refractivity contribution in [1.29, 1.82) is 0 Å². The molecule has 1 aromatic heterocycles. The summed E-state index contributed by atoms with van der Waals surface area (Å²) < 4.78 is 10.5. The number of aromatic nitrogens is 1. The van der Waals surface area contributed by atoms with Crippen molar-refractivity contribution in [3.63, 3.8) is 0 Å². The third-order valence-corrected chi connectivity index (χ3v) is 4.46. The molecule has 2 atom stereocenters. The van der Waals surface area contributed by atoms with E-state index in [9.17, 15) is 9.59 Å². The Kier molecular flexibility index (Phi) is 3.19. The lowest BCUT2D eigenvalue weighted by Crippen LogP contribution is -2.32. The zero-order valence-corrected chi connectivity index (χ0v) is 13.0. The molecular weight excluding hydrogens is 312 g/mol. The average Bonchev–Trinajstić information content (AvgIpc) is 3.10. The number of carbonyl (C=O) groups is 2. The molecule has 0 radical (unpaired) electrons. The molecule has 2 aromatic rings. The van der Waals surface area contributed by atoms with E-state index in [1.54, 1.807) is 18.3 Å². The van der Waals surface area contributed by atoms with Gasteiger partial charge in [0.2, 0.25) is 0 Å². The van der Waals surface area contributed by atoms with Gasteiger partial charge in [0.25, 0.3) is 5.91 Å². The van der Waals surface area contributed by atoms with Crippen LogP contribution in [0.15, 0.2) is 24.4 Å². The number of hydrogen-bond donors (Lipinski definition) is 2. The van der Waals surface area contributed by atoms with Gasteiger partial charge in [-0.1, -0.05) is 0 Å². The van der Waals surface area contributed by atoms with E-state index in [2.05, 4.69) is 15.2 Å². The summed E-state index contributed by atoms with van der Waals surface area (Å²) in [4.78, 5) is 29.4. The topological polar surface area (TPSA) is 107 Å². The maximum Gasteiger partial charge on any atom is 0.407 e. The lowest BCUT2D eigenvalue weighted by Gasteiger charge is -2.20. The standard InChI is InChI=1S/C16H16N4O4/c1-23-12-5-9-8(4-10(12)14(17)21)2-3-18-15(9)20-6-11-13(7-20)24-16(22)19-11/h2-5,11,13H,6-7H2,1H3,(H2,17,21)(H,19,22). The summed E-state index contributed by atoms with van der Waals surface area (Å²) in [5.41, 5.74) is 5.74. The first-order valence-corrected chi connectivity index (χ1v) is 7.55. The lowest BCUT2D eigenvalue weighted by atomic mass is 10.1. The van der Waals surface area contributed by atoms with Crippen LogP contribution in [0.4, 0.5) is 10.6 Å². The minimum absolute atomic E-state index is 0.0404. The number of anilines is 1. The van der Waals surface area contributed by atoms with Crippen molar-refractivity contribution in [1.82, 2.24) is 10.3 Å². The molecule has 8 heteroatoms. The minimum atomic E-state index is -0.543. The summed E-state index contributed by atoms with van der Waals surface area (Å²) in [6, 6.07) is 5.25. The van der Waals surface area contributed by atoms with Gasteiger partial charge in [0.1, 0.15) is 17.7 Å². The highest BCUT2D eigenvalue weighted by molar-refractivity contribution is 6.03. The fourth-order valence-corrected chi connectivity index (χ4v) is 3.33. The van der Waals surface area contributed by atoms with Crippen LogP contribution in [0.2, 0.25) is 0 Å². The molecule has 24 heavy (non-hydrogen) atoms. The molecule has 2 aliphatic heterocycles. The van der Waals surface area contributed by atoms with Crippen LogP contribution >= 0.6 is 0 Å². The highest BCUT2D eigenvalue weighted by Crippen LogP contribution is 2.33. The Hall–Kier alpha value is -3.03. The van der Waals surface area contributed by atoms with Gasteiger partial charge in [-0.3, -0.25) is 4.79 Å². The molecule has 0 saturated carbocycles. The van der Waals surface area contributed by atoms with Gasteiger partial charge in [0, 0.05) is 18.1 Å². The van der Waals surface area contributed by atoms with Crippen molar-refractivity contribution in [2.24, 2.45) is 5.73 Å². The quantitative estimate of drug-likeness (QED) is 0.856. The molecule has 3 N–H and O–H groups in total. The molecular formula is C16H16N4O4. The first-order valence-electron chi connectivity index (χ1n) is 7.55. The van der Waals surface area contributed by atoms with Crippen molar-refractivity contribution in [2.45, 2.75) is 12.1 Å². The van der Waals surface area contributed by atoms with Gasteiger partial charge in [-0.25, -0.2) is 9.78 Å². The number of hydrogen-bond acceptors (Lipinski definition) is 6. The molecule has 2 amide bonds. The minimum Gasteiger partial charge on any atom is -0.496 e. The second-order valence-electron chi connectivity index (χ2n) is 5.87. The Morgan fingerprint density at radius 1 is 1.46 bits per heavy atom. The van der Waals surface area contributed by atoms with Crippen LogP contribution in [-0.2, 0) is 4.74 Å². The summed E-state index contributed by atoms with van der Waals surface area (Å²) in [7, 11) is 1.49. The highest BCUT2D eigenvalue weighted by Gasteiger charge is 2.42. The van der Waals surface area contributed by atoms with Gasteiger partial charge in [-0.2, -0.15) is 0 Å². The highest BCUT2D eigenvalue weighted by atomic mass is 16.6. The monoisotopic (exact) mass is 328 g/mol. The molecule has 1 aromatic carbocycles. The molecule has 124 valence electrons. The predicted octanol–water partition coefficient (Wildman–Crippen LogP) is 0.639. The number of nitrogens with zero attached hydrogens (tertiary/aromatic N) is 2. The summed E-state index contributed by atoms with van der Waals surface area (Å²) in [5.74, 6) is 0.626. The van der Waals surface area contributed by atoms with E-state index in [4.69, 9.17) is 15.2 Å². The van der Waals surface area contributed by atoms with E-state index in [0.29, 0.717) is 24.4 Å². The number of methoxy groups -OCH3 is 1. The largest absolute Gasteiger partial charge is 0.496 e. The van der Waals surface area contributed by atoms with Crippen LogP contribution in [0.25, 0.3) is 10.8 Å². The summed E-state index contributed by atoms with van der Waals surface area (Å²) in [6.07, 6.45) is 1.13. The summed E-state index contributed by atoms with van der Waals surface area (Å²) >= 11 is 0. The van der Waals surface area contributed by atoms with Crippen molar-refractivity contribution >= 4 is 28.6 Å². The molecule has 0 aliphatic carbocycles. The Morgan fingerprint density at radius 3 is 3.00 bits per heavy atom. The third kappa shape index (κ3) is 2.18. The molecule has 2 unspecified atom stereocenters.